The predicted octanol–water partition coefficient (Wildman–Crippen LogP) is 1.20. The summed E-state index contributed by atoms with van der Waals surface area (Å²) in [4.78, 5) is 36.4. The molecule has 3 rings (SSSR count). The summed E-state index contributed by atoms with van der Waals surface area (Å²) in [5.74, 6) is -1.56. The minimum absolute atomic E-state index is 0.0421. The van der Waals surface area contributed by atoms with Crippen LogP contribution in [0.3, 0.4) is 0 Å². The van der Waals surface area contributed by atoms with Crippen LogP contribution in [0.25, 0.3) is 0 Å². The topological polar surface area (TPSA) is 131 Å². The van der Waals surface area contributed by atoms with Crippen molar-refractivity contribution >= 4 is 52.6 Å². The number of halogens is 2. The maximum Gasteiger partial charge on any atom is 0.519 e. The van der Waals surface area contributed by atoms with E-state index in [1.807, 2.05) is 0 Å². The molecule has 0 unspecified atom stereocenters. The number of hydrogen-bond donors (Lipinski definition) is 3. The van der Waals surface area contributed by atoms with Crippen molar-refractivity contribution in [3.8, 4) is 0 Å². The van der Waals surface area contributed by atoms with Gasteiger partial charge in [0.2, 0.25) is 0 Å². The van der Waals surface area contributed by atoms with Crippen LogP contribution >= 0.6 is 23.2 Å². The molecule has 1 saturated heterocycles. The molecule has 2 amide bonds. The second-order valence-electron chi connectivity index (χ2n) is 6.55. The fourth-order valence-corrected chi connectivity index (χ4v) is 2.91. The minimum atomic E-state index is -0.825. The molecule has 12 heteroatoms. The highest BCUT2D eigenvalue weighted by Gasteiger charge is 2.43. The van der Waals surface area contributed by atoms with Crippen LogP contribution in [-0.4, -0.2) is 34.7 Å². The number of aryl methyl sites for hydroxylation is 1. The Labute approximate surface area is 180 Å². The van der Waals surface area contributed by atoms with E-state index in [2.05, 4.69) is 20.6 Å². The Balaban J connectivity index is 1.99. The van der Waals surface area contributed by atoms with Gasteiger partial charge >= 0.3 is 29.6 Å². The highest BCUT2D eigenvalue weighted by molar-refractivity contribution is 6.45. The number of nitrogens with one attached hydrogen (secondary N) is 3. The first-order chi connectivity index (χ1) is 14.2. The minimum Gasteiger partial charge on any atom is -0.396 e. The van der Waals surface area contributed by atoms with Crippen LogP contribution in [0.5, 0.6) is 0 Å². The number of benzene rings is 1. The number of rotatable bonds is 4. The summed E-state index contributed by atoms with van der Waals surface area (Å²) in [5, 5.41) is 9.07. The summed E-state index contributed by atoms with van der Waals surface area (Å²) in [6, 6.07) is 4.53. The zero-order valence-electron chi connectivity index (χ0n) is 16.2. The molecule has 0 spiro atoms. The standard InChI is InChI=1S/C18H17Cl2N5O5/c1-8(2)25-15(27)14(26)23-17(25)24-16(21-7-13-9(3)29-18(28)30-13)22-10-4-5-11(19)12(20)6-10/h4-6,8H,7H2,1-3H3,(H2,21,22,23,24,26)/p+1. The lowest BCUT2D eigenvalue weighted by Gasteiger charge is -2.12. The van der Waals surface area contributed by atoms with Crippen molar-refractivity contribution in [1.82, 2.24) is 20.2 Å². The van der Waals surface area contributed by atoms with E-state index in [-0.39, 0.29) is 30.3 Å². The zero-order chi connectivity index (χ0) is 22.0. The maximum absolute atomic E-state index is 12.1. The fraction of sp³-hybridized carbons (Fsp3) is 0.278. The summed E-state index contributed by atoms with van der Waals surface area (Å²) in [6.45, 7) is 5.12. The largest absolute Gasteiger partial charge is 0.519 e. The number of anilines is 1. The molecular weight excluding hydrogens is 437 g/mol. The van der Waals surface area contributed by atoms with Crippen LogP contribution in [0, 0.1) is 6.92 Å². The van der Waals surface area contributed by atoms with Gasteiger partial charge in [0.1, 0.15) is 12.3 Å². The fourth-order valence-electron chi connectivity index (χ4n) is 2.61. The number of carbonyl (C=O) groups excluding carboxylic acids is 2. The Bertz CT molecular complexity index is 1130. The van der Waals surface area contributed by atoms with Crippen molar-refractivity contribution < 1.29 is 18.4 Å². The molecule has 0 atom stereocenters. The lowest BCUT2D eigenvalue weighted by Crippen LogP contribution is -2.42. The quantitative estimate of drug-likeness (QED) is 0.273. The van der Waals surface area contributed by atoms with Gasteiger partial charge in [0, 0.05) is 0 Å². The molecule has 1 aliphatic rings. The predicted molar refractivity (Wildman–Crippen MR) is 111 cm³/mol. The molecule has 1 aromatic heterocycles. The van der Waals surface area contributed by atoms with Gasteiger partial charge in [0.15, 0.2) is 5.76 Å². The molecule has 30 heavy (non-hydrogen) atoms. The Morgan fingerprint density at radius 3 is 2.53 bits per heavy atom. The van der Waals surface area contributed by atoms with Gasteiger partial charge in [-0.05, 0) is 39.0 Å². The van der Waals surface area contributed by atoms with Crippen LogP contribution in [0.2, 0.25) is 10.0 Å². The van der Waals surface area contributed by atoms with Gasteiger partial charge in [-0.15, -0.1) is 0 Å². The first kappa shape index (κ1) is 21.5. The molecule has 3 N–H and O–H groups in total. The van der Waals surface area contributed by atoms with Gasteiger partial charge in [-0.25, -0.2) is 19.7 Å². The molecular formula is C18H18Cl2N5O5+. The maximum atomic E-state index is 12.1. The van der Waals surface area contributed by atoms with E-state index >= 15 is 0 Å². The number of guanidine groups is 2. The molecule has 2 aromatic rings. The van der Waals surface area contributed by atoms with E-state index in [9.17, 15) is 14.4 Å². The van der Waals surface area contributed by atoms with Crippen molar-refractivity contribution in [2.75, 3.05) is 5.32 Å². The average Bonchev–Trinajstić information content (AvgIpc) is 3.13. The van der Waals surface area contributed by atoms with Gasteiger partial charge in [-0.1, -0.05) is 23.2 Å². The molecule has 1 aliphatic heterocycles. The summed E-state index contributed by atoms with van der Waals surface area (Å²) < 4.78 is 14.1. The van der Waals surface area contributed by atoms with Gasteiger partial charge in [-0.3, -0.25) is 20.2 Å². The van der Waals surface area contributed by atoms with Crippen molar-refractivity contribution in [2.45, 2.75) is 33.4 Å². The molecule has 0 aliphatic carbocycles. The number of carbonyl (C=O) groups is 2. The number of hydrogen-bond acceptors (Lipinski definition) is 5. The van der Waals surface area contributed by atoms with Crippen molar-refractivity contribution in [1.29, 1.82) is 0 Å². The number of nitrogens with zero attached hydrogens (tertiary/aromatic N) is 2. The van der Waals surface area contributed by atoms with E-state index < -0.39 is 17.6 Å². The molecule has 10 nitrogen and oxygen atoms in total. The third kappa shape index (κ3) is 4.68. The highest BCUT2D eigenvalue weighted by atomic mass is 35.5. The zero-order valence-corrected chi connectivity index (χ0v) is 17.7. The second-order valence-corrected chi connectivity index (χ2v) is 7.36. The first-order valence-corrected chi connectivity index (χ1v) is 9.57. The summed E-state index contributed by atoms with van der Waals surface area (Å²) in [6.07, 6.45) is 0. The van der Waals surface area contributed by atoms with E-state index in [1.165, 1.54) is 4.90 Å². The van der Waals surface area contributed by atoms with Crippen molar-refractivity contribution in [3.05, 3.63) is 50.4 Å². The summed E-state index contributed by atoms with van der Waals surface area (Å²) >= 11 is 12.0. The Hall–Kier alpha value is -3.20. The van der Waals surface area contributed by atoms with Gasteiger partial charge in [0.25, 0.3) is 0 Å². The smallest absolute Gasteiger partial charge is 0.396 e. The molecule has 2 heterocycles. The van der Waals surface area contributed by atoms with E-state index in [0.29, 0.717) is 21.5 Å². The first-order valence-electron chi connectivity index (χ1n) is 8.81. The second kappa shape index (κ2) is 8.66. The molecule has 1 fully saturated rings. The SMILES string of the molecule is Cc1oc(=O)oc1CNC(=[N+]=C1NC(=O)C(=O)N1C(C)C)Nc1ccc(Cl)c(Cl)c1. The van der Waals surface area contributed by atoms with Crippen LogP contribution in [0.4, 0.5) is 5.69 Å². The van der Waals surface area contributed by atoms with Crippen LogP contribution in [0.1, 0.15) is 25.4 Å². The molecule has 1 aromatic carbocycles. The van der Waals surface area contributed by atoms with E-state index in [0.717, 1.165) is 0 Å². The van der Waals surface area contributed by atoms with Crippen molar-refractivity contribution in [3.63, 3.8) is 0 Å². The van der Waals surface area contributed by atoms with E-state index in [1.54, 1.807) is 39.0 Å². The van der Waals surface area contributed by atoms with Crippen molar-refractivity contribution in [2.24, 2.45) is 0 Å². The Kier molecular flexibility index (Phi) is 6.21. The Morgan fingerprint density at radius 2 is 1.93 bits per heavy atom. The molecule has 0 saturated carbocycles. The average molecular weight is 455 g/mol. The van der Waals surface area contributed by atoms with Crippen LogP contribution < -0.4 is 26.4 Å². The van der Waals surface area contributed by atoms with Gasteiger partial charge in [-0.2, -0.15) is 0 Å². The monoisotopic (exact) mass is 454 g/mol. The van der Waals surface area contributed by atoms with Crippen LogP contribution in [-0.2, 0) is 16.1 Å². The van der Waals surface area contributed by atoms with E-state index in [4.69, 9.17) is 32.0 Å². The summed E-state index contributed by atoms with van der Waals surface area (Å²) in [5.41, 5.74) is 0.536. The number of amides is 2. The summed E-state index contributed by atoms with van der Waals surface area (Å²) in [7, 11) is 0. The van der Waals surface area contributed by atoms with Gasteiger partial charge in [0.05, 0.1) is 21.8 Å². The lowest BCUT2D eigenvalue weighted by atomic mass is 10.3. The lowest BCUT2D eigenvalue weighted by molar-refractivity contribution is -0.140. The third-order valence-electron chi connectivity index (χ3n) is 4.04. The van der Waals surface area contributed by atoms with Crippen LogP contribution in [0.15, 0.2) is 31.8 Å². The highest BCUT2D eigenvalue weighted by Crippen LogP contribution is 2.24. The molecule has 158 valence electrons. The third-order valence-corrected chi connectivity index (χ3v) is 4.77. The molecule has 0 bridgehead atoms. The normalized spacial score (nSPS) is 13.5. The van der Waals surface area contributed by atoms with Gasteiger partial charge < -0.3 is 8.83 Å². The molecule has 0 radical (unpaired) electrons. The Morgan fingerprint density at radius 1 is 1.20 bits per heavy atom.